The third-order valence-corrected chi connectivity index (χ3v) is 4.11. The molecule has 1 aliphatic carbocycles. The highest BCUT2D eigenvalue weighted by Crippen LogP contribution is 2.42. The van der Waals surface area contributed by atoms with Gasteiger partial charge in [0.25, 0.3) is 17.4 Å². The highest BCUT2D eigenvalue weighted by atomic mass is 19.2. The van der Waals surface area contributed by atoms with Crippen molar-refractivity contribution in [2.45, 2.75) is 37.9 Å². The van der Waals surface area contributed by atoms with Crippen molar-refractivity contribution < 1.29 is 33.1 Å². The molecule has 1 fully saturated rings. The predicted octanol–water partition coefficient (Wildman–Crippen LogP) is 3.33. The summed E-state index contributed by atoms with van der Waals surface area (Å²) in [6, 6.07) is 1.26. The summed E-state index contributed by atoms with van der Waals surface area (Å²) in [6.07, 6.45) is 2.98. The number of aliphatic hydroxyl groups is 1. The number of esters is 1. The Morgan fingerprint density at radius 1 is 1.17 bits per heavy atom. The number of ether oxygens (including phenoxy) is 2. The summed E-state index contributed by atoms with van der Waals surface area (Å²) in [5, 5.41) is 21.1. The Balaban J connectivity index is 2.13. The Hall–Kier alpha value is -2.71. The number of carbonyl (C=O) groups is 1. The Kier molecular flexibility index (Phi) is 3.86. The molecule has 0 saturated heterocycles. The molecule has 1 heterocycles. The Morgan fingerprint density at radius 2 is 1.83 bits per heavy atom. The minimum absolute atomic E-state index is 0.337. The van der Waals surface area contributed by atoms with Crippen LogP contribution in [-0.4, -0.2) is 21.8 Å². The quantitative estimate of drug-likeness (QED) is 0.503. The first-order valence-corrected chi connectivity index (χ1v) is 7.33. The molecule has 24 heavy (non-hydrogen) atoms. The lowest BCUT2D eigenvalue weighted by molar-refractivity contribution is -0.385. The molecule has 0 radical (unpaired) electrons. The summed E-state index contributed by atoms with van der Waals surface area (Å²) in [6.45, 7) is 0. The van der Waals surface area contributed by atoms with Gasteiger partial charge in [0.2, 0.25) is 0 Å². The molecule has 1 aliphatic heterocycles. The molecule has 1 N–H and O–H groups in total. The van der Waals surface area contributed by atoms with Gasteiger partial charge in [0.15, 0.2) is 17.2 Å². The second-order valence-corrected chi connectivity index (χ2v) is 5.66. The summed E-state index contributed by atoms with van der Waals surface area (Å²) in [7, 11) is 0. The van der Waals surface area contributed by atoms with Crippen LogP contribution < -0.4 is 0 Å². The third kappa shape index (κ3) is 2.55. The van der Waals surface area contributed by atoms with E-state index in [0.29, 0.717) is 37.8 Å². The fourth-order valence-corrected chi connectivity index (χ4v) is 2.99. The number of aliphatic hydroxyl groups excluding tert-OH is 1. The summed E-state index contributed by atoms with van der Waals surface area (Å²) in [5.41, 5.74) is -2.77. The van der Waals surface area contributed by atoms with E-state index in [-0.39, 0.29) is 0 Å². The lowest BCUT2D eigenvalue weighted by Crippen LogP contribution is -2.43. The van der Waals surface area contributed by atoms with Gasteiger partial charge in [0.1, 0.15) is 5.56 Å². The zero-order valence-corrected chi connectivity index (χ0v) is 12.4. The van der Waals surface area contributed by atoms with Crippen LogP contribution >= 0.6 is 0 Å². The van der Waals surface area contributed by atoms with E-state index in [0.717, 1.165) is 6.42 Å². The summed E-state index contributed by atoms with van der Waals surface area (Å²) < 4.78 is 38.0. The van der Waals surface area contributed by atoms with Gasteiger partial charge in [-0.25, -0.2) is 13.6 Å². The number of nitro groups is 1. The van der Waals surface area contributed by atoms with Gasteiger partial charge in [-0.05, 0) is 18.9 Å². The molecule has 1 aromatic carbocycles. The van der Waals surface area contributed by atoms with Crippen LogP contribution in [0.1, 0.15) is 37.7 Å². The minimum Gasteiger partial charge on any atom is -0.480 e. The van der Waals surface area contributed by atoms with Gasteiger partial charge in [-0.1, -0.05) is 6.42 Å². The molecule has 2 aliphatic rings. The number of rotatable bonds is 2. The maximum Gasteiger partial charge on any atom is 0.349 e. The smallest absolute Gasteiger partial charge is 0.349 e. The van der Waals surface area contributed by atoms with Crippen LogP contribution in [0, 0.1) is 21.7 Å². The Bertz CT molecular complexity index is 755. The van der Waals surface area contributed by atoms with Crippen molar-refractivity contribution in [3.63, 3.8) is 0 Å². The molecule has 0 aromatic heterocycles. The van der Waals surface area contributed by atoms with Crippen LogP contribution in [0.3, 0.4) is 0 Å². The number of halogens is 2. The number of nitrogens with zero attached hydrogens (tertiary/aromatic N) is 1. The van der Waals surface area contributed by atoms with Crippen LogP contribution in [0.25, 0.3) is 5.57 Å². The van der Waals surface area contributed by atoms with Crippen molar-refractivity contribution in [1.29, 1.82) is 0 Å². The van der Waals surface area contributed by atoms with Crippen LogP contribution in [-0.2, 0) is 14.3 Å². The minimum atomic E-state index is -1.63. The molecule has 128 valence electrons. The van der Waals surface area contributed by atoms with E-state index < -0.39 is 51.1 Å². The van der Waals surface area contributed by atoms with Gasteiger partial charge in [0.05, 0.1) is 4.92 Å². The standard InChI is InChI=1S/C15H13F2NO6/c16-8-4-5-9(18(21)22)10(12(8)17)11-13(19)23-15(24-14(11)20)6-2-1-3-7-15/h4-5,19H,1-3,6-7H2. The van der Waals surface area contributed by atoms with Gasteiger partial charge in [0, 0.05) is 18.9 Å². The molecule has 0 atom stereocenters. The second kappa shape index (κ2) is 5.73. The molecule has 1 saturated carbocycles. The number of hydrogen-bond acceptors (Lipinski definition) is 6. The molecule has 9 heteroatoms. The van der Waals surface area contributed by atoms with Crippen LogP contribution in [0.4, 0.5) is 14.5 Å². The van der Waals surface area contributed by atoms with E-state index in [2.05, 4.69) is 0 Å². The fourth-order valence-electron chi connectivity index (χ4n) is 2.99. The molecule has 1 spiro atoms. The highest BCUT2D eigenvalue weighted by Gasteiger charge is 2.47. The lowest BCUT2D eigenvalue weighted by Gasteiger charge is -2.39. The van der Waals surface area contributed by atoms with Crippen molar-refractivity contribution in [2.75, 3.05) is 0 Å². The summed E-state index contributed by atoms with van der Waals surface area (Å²) in [4.78, 5) is 22.4. The SMILES string of the molecule is O=C1OC2(CCCCC2)OC(O)=C1c1c([N+](=O)[O-])ccc(F)c1F. The Labute approximate surface area is 134 Å². The highest BCUT2D eigenvalue weighted by molar-refractivity contribution is 6.18. The normalized spacial score (nSPS) is 19.8. The largest absolute Gasteiger partial charge is 0.480 e. The molecule has 0 bridgehead atoms. The first-order valence-electron chi connectivity index (χ1n) is 7.33. The second-order valence-electron chi connectivity index (χ2n) is 5.66. The lowest BCUT2D eigenvalue weighted by atomic mass is 9.93. The van der Waals surface area contributed by atoms with Crippen molar-refractivity contribution in [1.82, 2.24) is 0 Å². The molecule has 7 nitrogen and oxygen atoms in total. The summed E-state index contributed by atoms with van der Waals surface area (Å²) >= 11 is 0. The first kappa shape index (κ1) is 16.2. The van der Waals surface area contributed by atoms with Crippen LogP contribution in [0.2, 0.25) is 0 Å². The molecular weight excluding hydrogens is 328 g/mol. The van der Waals surface area contributed by atoms with E-state index in [4.69, 9.17) is 9.47 Å². The van der Waals surface area contributed by atoms with Gasteiger partial charge in [-0.3, -0.25) is 10.1 Å². The van der Waals surface area contributed by atoms with E-state index in [9.17, 15) is 28.8 Å². The van der Waals surface area contributed by atoms with Gasteiger partial charge in [-0.15, -0.1) is 0 Å². The van der Waals surface area contributed by atoms with Crippen molar-refractivity contribution in [2.24, 2.45) is 0 Å². The third-order valence-electron chi connectivity index (χ3n) is 4.11. The predicted molar refractivity (Wildman–Crippen MR) is 75.6 cm³/mol. The number of hydrogen-bond donors (Lipinski definition) is 1. The maximum atomic E-state index is 14.1. The van der Waals surface area contributed by atoms with E-state index in [1.54, 1.807) is 0 Å². The van der Waals surface area contributed by atoms with Crippen LogP contribution in [0.5, 0.6) is 0 Å². The zero-order valence-electron chi connectivity index (χ0n) is 12.4. The monoisotopic (exact) mass is 341 g/mol. The van der Waals surface area contributed by atoms with Crippen molar-refractivity contribution in [3.05, 3.63) is 45.4 Å². The van der Waals surface area contributed by atoms with E-state index in [1.807, 2.05) is 0 Å². The van der Waals surface area contributed by atoms with Gasteiger partial charge < -0.3 is 14.6 Å². The fraction of sp³-hybridized carbons (Fsp3) is 0.400. The maximum absolute atomic E-state index is 14.1. The van der Waals surface area contributed by atoms with E-state index in [1.165, 1.54) is 0 Å². The molecule has 3 rings (SSSR count). The Morgan fingerprint density at radius 3 is 2.42 bits per heavy atom. The summed E-state index contributed by atoms with van der Waals surface area (Å²) in [5.74, 6) is -6.58. The number of carbonyl (C=O) groups excluding carboxylic acids is 1. The molecule has 0 unspecified atom stereocenters. The van der Waals surface area contributed by atoms with Crippen LogP contribution in [0.15, 0.2) is 18.1 Å². The van der Waals surface area contributed by atoms with Crippen molar-refractivity contribution >= 4 is 17.2 Å². The molecule has 1 aromatic rings. The average molecular weight is 341 g/mol. The van der Waals surface area contributed by atoms with Crippen molar-refractivity contribution in [3.8, 4) is 0 Å². The van der Waals surface area contributed by atoms with E-state index >= 15 is 0 Å². The number of nitro benzene ring substituents is 1. The van der Waals surface area contributed by atoms with Gasteiger partial charge >= 0.3 is 5.97 Å². The topological polar surface area (TPSA) is 98.9 Å². The zero-order chi connectivity index (χ0) is 17.5. The molecular formula is C15H13F2NO6. The van der Waals surface area contributed by atoms with Gasteiger partial charge in [-0.2, -0.15) is 0 Å². The first-order chi connectivity index (χ1) is 11.3. The average Bonchev–Trinajstić information content (AvgIpc) is 2.51. The number of benzene rings is 1. The molecule has 0 amide bonds.